The highest BCUT2D eigenvalue weighted by Crippen LogP contribution is 2.37. The average Bonchev–Trinajstić information content (AvgIpc) is 3.37. The number of hydrogen-bond donors (Lipinski definition) is 2. The molecule has 3 saturated heterocycles. The van der Waals surface area contributed by atoms with Crippen molar-refractivity contribution in [3.63, 3.8) is 0 Å². The Morgan fingerprint density at radius 1 is 1.08 bits per heavy atom. The number of imide groups is 1. The fraction of sp³-hybridized carbons (Fsp3) is 0.630. The van der Waals surface area contributed by atoms with Crippen LogP contribution in [0.3, 0.4) is 0 Å². The number of piperidine rings is 1. The summed E-state index contributed by atoms with van der Waals surface area (Å²) < 4.78 is 0. The van der Waals surface area contributed by atoms with Gasteiger partial charge in [0.25, 0.3) is 11.8 Å². The Morgan fingerprint density at radius 3 is 2.36 bits per heavy atom. The molecule has 0 aromatic heterocycles. The highest BCUT2D eigenvalue weighted by molar-refractivity contribution is 6.07. The summed E-state index contributed by atoms with van der Waals surface area (Å²) in [7, 11) is 2.11. The zero-order chi connectivity index (χ0) is 25.9. The molecule has 0 spiro atoms. The van der Waals surface area contributed by atoms with Gasteiger partial charge in [-0.3, -0.25) is 19.3 Å². The maximum absolute atomic E-state index is 13.7. The molecule has 3 aliphatic heterocycles. The molecule has 196 valence electrons. The van der Waals surface area contributed by atoms with E-state index in [4.69, 9.17) is 0 Å². The van der Waals surface area contributed by atoms with Crippen LogP contribution in [0.5, 0.6) is 0 Å². The van der Waals surface area contributed by atoms with Crippen molar-refractivity contribution in [1.29, 1.82) is 0 Å². The fourth-order valence-electron chi connectivity index (χ4n) is 6.17. The van der Waals surface area contributed by atoms with E-state index in [0.717, 1.165) is 32.2 Å². The molecule has 0 aliphatic carbocycles. The normalized spacial score (nSPS) is 25.4. The number of carbonyl (C=O) groups excluding carboxylic acids is 4. The predicted molar refractivity (Wildman–Crippen MR) is 138 cm³/mol. The number of carbonyl (C=O) groups is 4. The molecule has 1 aromatic carbocycles. The number of amides is 5. The van der Waals surface area contributed by atoms with Gasteiger partial charge in [-0.2, -0.15) is 0 Å². The maximum atomic E-state index is 13.7. The summed E-state index contributed by atoms with van der Waals surface area (Å²) in [5.74, 6) is -0.306. The van der Waals surface area contributed by atoms with Crippen molar-refractivity contribution >= 4 is 29.4 Å². The van der Waals surface area contributed by atoms with Gasteiger partial charge in [0.05, 0.1) is 0 Å². The number of nitrogens with zero attached hydrogens (tertiary/aromatic N) is 3. The molecule has 36 heavy (non-hydrogen) atoms. The highest BCUT2D eigenvalue weighted by Gasteiger charge is 2.55. The van der Waals surface area contributed by atoms with E-state index in [2.05, 4.69) is 22.6 Å². The minimum atomic E-state index is -0.872. The molecule has 0 unspecified atom stereocenters. The summed E-state index contributed by atoms with van der Waals surface area (Å²) in [6.45, 7) is 6.09. The minimum absolute atomic E-state index is 0.000697. The third kappa shape index (κ3) is 5.26. The second-order valence-electron chi connectivity index (χ2n) is 10.5. The van der Waals surface area contributed by atoms with Gasteiger partial charge in [0.1, 0.15) is 5.54 Å². The quantitative estimate of drug-likeness (QED) is 0.538. The van der Waals surface area contributed by atoms with Gasteiger partial charge in [0, 0.05) is 43.9 Å². The van der Waals surface area contributed by atoms with Gasteiger partial charge in [-0.05, 0) is 82.3 Å². The smallest absolute Gasteiger partial charge is 0.325 e. The van der Waals surface area contributed by atoms with Gasteiger partial charge >= 0.3 is 6.03 Å². The molecule has 9 heteroatoms. The van der Waals surface area contributed by atoms with Gasteiger partial charge in [-0.25, -0.2) is 4.79 Å². The molecular weight excluding hydrogens is 458 g/mol. The molecule has 3 fully saturated rings. The zero-order valence-electron chi connectivity index (χ0n) is 21.7. The molecule has 4 rings (SSSR count). The van der Waals surface area contributed by atoms with Crippen LogP contribution >= 0.6 is 0 Å². The van der Waals surface area contributed by atoms with Crippen LogP contribution in [0.15, 0.2) is 24.3 Å². The Morgan fingerprint density at radius 2 is 1.78 bits per heavy atom. The van der Waals surface area contributed by atoms with Crippen molar-refractivity contribution in [3.05, 3.63) is 29.8 Å². The molecule has 0 saturated carbocycles. The summed E-state index contributed by atoms with van der Waals surface area (Å²) in [5, 5.41) is 5.81. The Bertz CT molecular complexity index is 988. The lowest BCUT2D eigenvalue weighted by molar-refractivity contribution is -0.134. The van der Waals surface area contributed by atoms with Crippen LogP contribution in [0.2, 0.25) is 0 Å². The van der Waals surface area contributed by atoms with Crippen molar-refractivity contribution in [3.8, 4) is 0 Å². The molecule has 2 atom stereocenters. The first-order chi connectivity index (χ1) is 17.2. The van der Waals surface area contributed by atoms with E-state index in [1.165, 1.54) is 11.8 Å². The van der Waals surface area contributed by atoms with Crippen molar-refractivity contribution in [2.75, 3.05) is 38.5 Å². The molecule has 0 radical (unpaired) electrons. The van der Waals surface area contributed by atoms with Crippen molar-refractivity contribution in [2.45, 2.75) is 70.4 Å². The van der Waals surface area contributed by atoms with E-state index >= 15 is 0 Å². The zero-order valence-corrected chi connectivity index (χ0v) is 21.7. The maximum Gasteiger partial charge on any atom is 0.325 e. The molecule has 5 amide bonds. The molecule has 1 aromatic rings. The van der Waals surface area contributed by atoms with E-state index in [0.29, 0.717) is 56.2 Å². The lowest BCUT2D eigenvalue weighted by atomic mass is 9.74. The third-order valence-electron chi connectivity index (χ3n) is 8.14. The molecule has 3 aliphatic rings. The standard InChI is InChI=1S/C27H39N5O4/c1-4-14-27(25(35)32(26(36)29-27)18-13-23-6-5-15-30(23)3)21-11-16-31(17-12-21)24(34)20-7-9-22(10-8-20)28-19(2)33/h7-10,21,23H,4-6,11-18H2,1-3H3,(H,28,33)(H,29,36)/t23-,27+/m1/s1. The van der Waals surface area contributed by atoms with Crippen LogP contribution in [0, 0.1) is 5.92 Å². The van der Waals surface area contributed by atoms with Crippen LogP contribution < -0.4 is 10.6 Å². The number of anilines is 1. The summed E-state index contributed by atoms with van der Waals surface area (Å²) >= 11 is 0. The van der Waals surface area contributed by atoms with Crippen LogP contribution in [0.1, 0.15) is 69.2 Å². The lowest BCUT2D eigenvalue weighted by Gasteiger charge is -2.41. The second-order valence-corrected chi connectivity index (χ2v) is 10.5. The van der Waals surface area contributed by atoms with Gasteiger partial charge in [0.15, 0.2) is 0 Å². The number of hydrogen-bond acceptors (Lipinski definition) is 5. The minimum Gasteiger partial charge on any atom is -0.339 e. The molecular formula is C27H39N5O4. The average molecular weight is 498 g/mol. The van der Waals surface area contributed by atoms with Crippen molar-refractivity contribution in [2.24, 2.45) is 5.92 Å². The number of nitrogens with one attached hydrogen (secondary N) is 2. The van der Waals surface area contributed by atoms with Gasteiger partial charge in [-0.15, -0.1) is 0 Å². The highest BCUT2D eigenvalue weighted by atomic mass is 16.2. The summed E-state index contributed by atoms with van der Waals surface area (Å²) in [6.07, 6.45) is 5.83. The molecule has 3 heterocycles. The van der Waals surface area contributed by atoms with E-state index in [1.54, 1.807) is 24.3 Å². The summed E-state index contributed by atoms with van der Waals surface area (Å²) in [6, 6.07) is 7.04. The van der Waals surface area contributed by atoms with Gasteiger partial charge < -0.3 is 20.4 Å². The first-order valence-electron chi connectivity index (χ1n) is 13.3. The third-order valence-corrected chi connectivity index (χ3v) is 8.14. The Hall–Kier alpha value is -2.94. The fourth-order valence-corrected chi connectivity index (χ4v) is 6.17. The van der Waals surface area contributed by atoms with Crippen LogP contribution in [-0.2, 0) is 9.59 Å². The Balaban J connectivity index is 1.38. The summed E-state index contributed by atoms with van der Waals surface area (Å²) in [5.41, 5.74) is 0.348. The van der Waals surface area contributed by atoms with Gasteiger partial charge in [0.2, 0.25) is 5.91 Å². The second kappa shape index (κ2) is 11.0. The Labute approximate surface area is 213 Å². The van der Waals surface area contributed by atoms with E-state index < -0.39 is 5.54 Å². The molecule has 9 nitrogen and oxygen atoms in total. The SMILES string of the molecule is CCC[C@@]1(C2CCN(C(=O)c3ccc(NC(C)=O)cc3)CC2)NC(=O)N(CC[C@H]2CCCN2C)C1=O. The van der Waals surface area contributed by atoms with Crippen LogP contribution in [-0.4, -0.2) is 83.3 Å². The van der Waals surface area contributed by atoms with Crippen LogP contribution in [0.25, 0.3) is 0 Å². The number of likely N-dealkylation sites (tertiary alicyclic amines) is 2. The number of rotatable bonds is 8. The lowest BCUT2D eigenvalue weighted by Crippen LogP contribution is -2.56. The largest absolute Gasteiger partial charge is 0.339 e. The predicted octanol–water partition coefficient (Wildman–Crippen LogP) is 3.07. The number of benzene rings is 1. The first-order valence-corrected chi connectivity index (χ1v) is 13.3. The van der Waals surface area contributed by atoms with Crippen LogP contribution in [0.4, 0.5) is 10.5 Å². The van der Waals surface area contributed by atoms with E-state index in [1.807, 2.05) is 11.8 Å². The summed E-state index contributed by atoms with van der Waals surface area (Å²) in [4.78, 5) is 56.5. The topological polar surface area (TPSA) is 102 Å². The van der Waals surface area contributed by atoms with E-state index in [9.17, 15) is 19.2 Å². The monoisotopic (exact) mass is 497 g/mol. The van der Waals surface area contributed by atoms with Gasteiger partial charge in [-0.1, -0.05) is 13.3 Å². The first kappa shape index (κ1) is 26.1. The molecule has 2 N–H and O–H groups in total. The van der Waals surface area contributed by atoms with Crippen molar-refractivity contribution < 1.29 is 19.2 Å². The van der Waals surface area contributed by atoms with Crippen molar-refractivity contribution in [1.82, 2.24) is 20.0 Å². The Kier molecular flexibility index (Phi) is 7.97. The van der Waals surface area contributed by atoms with E-state index in [-0.39, 0.29) is 29.7 Å². The number of urea groups is 1. The molecule has 0 bridgehead atoms.